The van der Waals surface area contributed by atoms with E-state index in [1.807, 2.05) is 19.2 Å². The average Bonchev–Trinajstić information content (AvgIpc) is 2.30. The van der Waals surface area contributed by atoms with Crippen LogP contribution in [0.2, 0.25) is 0 Å². The van der Waals surface area contributed by atoms with Gasteiger partial charge < -0.3 is 5.73 Å². The van der Waals surface area contributed by atoms with Gasteiger partial charge in [-0.05, 0) is 11.9 Å². The Morgan fingerprint density at radius 1 is 1.64 bits per heavy atom. The largest absolute Gasteiger partial charge is 0.382 e. The number of nitrogens with zero attached hydrogens (tertiary/aromatic N) is 2. The highest BCUT2D eigenvalue weighted by Gasteiger charge is 2.11. The zero-order valence-electron chi connectivity index (χ0n) is 6.20. The lowest BCUT2D eigenvalue weighted by atomic mass is 10.3. The fourth-order valence-corrected chi connectivity index (χ4v) is 1.07. The SMILES string of the molecule is Cc1c(N)[nH][n+]2cccnc12. The van der Waals surface area contributed by atoms with Crippen LogP contribution in [0, 0.1) is 6.92 Å². The first-order valence-corrected chi connectivity index (χ1v) is 3.39. The van der Waals surface area contributed by atoms with Gasteiger partial charge in [-0.25, -0.2) is 5.10 Å². The topological polar surface area (TPSA) is 58.8 Å². The molecule has 0 aliphatic carbocycles. The van der Waals surface area contributed by atoms with Gasteiger partial charge in [0.25, 0.3) is 0 Å². The number of aromatic amines is 1. The van der Waals surface area contributed by atoms with Crippen molar-refractivity contribution in [1.29, 1.82) is 0 Å². The predicted molar refractivity (Wildman–Crippen MR) is 40.9 cm³/mol. The standard InChI is InChI=1S/C7H8N4/c1-5-6(8)10-11-4-2-3-9-7(5)11/h2-4H,1H3,(H2,8,10)/p+1. The highest BCUT2D eigenvalue weighted by molar-refractivity contribution is 5.52. The van der Waals surface area contributed by atoms with E-state index in [0.29, 0.717) is 5.82 Å². The number of nitrogens with one attached hydrogen (secondary N) is 1. The first-order valence-electron chi connectivity index (χ1n) is 3.39. The third-order valence-corrected chi connectivity index (χ3v) is 1.73. The monoisotopic (exact) mass is 149 g/mol. The molecule has 2 rings (SSSR count). The molecule has 4 nitrogen and oxygen atoms in total. The molecule has 0 atom stereocenters. The van der Waals surface area contributed by atoms with E-state index in [2.05, 4.69) is 10.1 Å². The number of nitrogens with two attached hydrogens (primary N) is 1. The van der Waals surface area contributed by atoms with E-state index in [9.17, 15) is 0 Å². The number of anilines is 1. The van der Waals surface area contributed by atoms with Gasteiger partial charge in [0.2, 0.25) is 0 Å². The number of aromatic nitrogens is 3. The Bertz CT molecular complexity index is 390. The summed E-state index contributed by atoms with van der Waals surface area (Å²) in [4.78, 5) is 4.15. The summed E-state index contributed by atoms with van der Waals surface area (Å²) in [6.07, 6.45) is 3.63. The molecule has 0 bridgehead atoms. The minimum atomic E-state index is 0.670. The molecule has 2 aromatic heterocycles. The van der Waals surface area contributed by atoms with Gasteiger partial charge in [0.15, 0.2) is 0 Å². The van der Waals surface area contributed by atoms with Crippen LogP contribution in [0.3, 0.4) is 0 Å². The second-order valence-electron chi connectivity index (χ2n) is 2.46. The van der Waals surface area contributed by atoms with E-state index in [4.69, 9.17) is 5.73 Å². The van der Waals surface area contributed by atoms with Gasteiger partial charge in [-0.1, -0.05) is 0 Å². The number of nitrogen functional groups attached to an aromatic ring is 1. The van der Waals surface area contributed by atoms with Gasteiger partial charge in [-0.3, -0.25) is 0 Å². The minimum absolute atomic E-state index is 0.670. The quantitative estimate of drug-likeness (QED) is 0.519. The molecule has 2 heterocycles. The molecule has 0 saturated heterocycles. The Morgan fingerprint density at radius 3 is 3.18 bits per heavy atom. The van der Waals surface area contributed by atoms with Gasteiger partial charge >= 0.3 is 5.65 Å². The highest BCUT2D eigenvalue weighted by Crippen LogP contribution is 2.07. The van der Waals surface area contributed by atoms with Crippen LogP contribution in [0.4, 0.5) is 5.82 Å². The van der Waals surface area contributed by atoms with E-state index >= 15 is 0 Å². The molecule has 0 spiro atoms. The normalized spacial score (nSPS) is 10.6. The summed E-state index contributed by atoms with van der Waals surface area (Å²) in [7, 11) is 0. The van der Waals surface area contributed by atoms with Crippen molar-refractivity contribution in [3.05, 3.63) is 24.0 Å². The molecular formula is C7H9N4+. The van der Waals surface area contributed by atoms with Crippen LogP contribution in [0.1, 0.15) is 5.56 Å². The Hall–Kier alpha value is -1.58. The lowest BCUT2D eigenvalue weighted by molar-refractivity contribution is -0.578. The van der Waals surface area contributed by atoms with Gasteiger partial charge in [-0.15, -0.1) is 4.52 Å². The Balaban J connectivity index is 2.92. The Labute approximate surface area is 63.7 Å². The zero-order chi connectivity index (χ0) is 7.84. The lowest BCUT2D eigenvalue weighted by Gasteiger charge is -1.77. The molecule has 0 amide bonds. The number of H-pyrrole nitrogens is 1. The predicted octanol–water partition coefficient (Wildman–Crippen LogP) is 0.0390. The maximum absolute atomic E-state index is 5.64. The average molecular weight is 149 g/mol. The summed E-state index contributed by atoms with van der Waals surface area (Å²) in [6.45, 7) is 1.94. The zero-order valence-corrected chi connectivity index (χ0v) is 6.20. The van der Waals surface area contributed by atoms with Crippen molar-refractivity contribution in [1.82, 2.24) is 10.1 Å². The summed E-state index contributed by atoms with van der Waals surface area (Å²) in [5.41, 5.74) is 7.51. The fourth-order valence-electron chi connectivity index (χ4n) is 1.07. The third kappa shape index (κ3) is 0.756. The van der Waals surface area contributed by atoms with Crippen molar-refractivity contribution >= 4 is 11.5 Å². The summed E-state index contributed by atoms with van der Waals surface area (Å²) in [5.74, 6) is 0.670. The van der Waals surface area contributed by atoms with Gasteiger partial charge in [-0.2, -0.15) is 0 Å². The molecule has 11 heavy (non-hydrogen) atoms. The van der Waals surface area contributed by atoms with Crippen molar-refractivity contribution in [3.63, 3.8) is 0 Å². The van der Waals surface area contributed by atoms with E-state index in [1.54, 1.807) is 10.7 Å². The van der Waals surface area contributed by atoms with E-state index in [-0.39, 0.29) is 0 Å². The number of hydrogen-bond acceptors (Lipinski definition) is 2. The molecular weight excluding hydrogens is 140 g/mol. The van der Waals surface area contributed by atoms with Crippen molar-refractivity contribution in [2.24, 2.45) is 0 Å². The van der Waals surface area contributed by atoms with Crippen LogP contribution in [0.15, 0.2) is 18.5 Å². The van der Waals surface area contributed by atoms with Crippen molar-refractivity contribution in [3.8, 4) is 0 Å². The lowest BCUT2D eigenvalue weighted by Crippen LogP contribution is -2.22. The summed E-state index contributed by atoms with van der Waals surface area (Å²) < 4.78 is 1.80. The third-order valence-electron chi connectivity index (χ3n) is 1.73. The molecule has 4 heteroatoms. The molecule has 3 N–H and O–H groups in total. The molecule has 0 fully saturated rings. The molecule has 0 aliphatic heterocycles. The first kappa shape index (κ1) is 6.15. The summed E-state index contributed by atoms with van der Waals surface area (Å²) in [5, 5.41) is 2.96. The van der Waals surface area contributed by atoms with Crippen LogP contribution in [-0.2, 0) is 0 Å². The van der Waals surface area contributed by atoms with Crippen LogP contribution < -0.4 is 10.2 Å². The summed E-state index contributed by atoms with van der Waals surface area (Å²) in [6, 6.07) is 1.85. The maximum atomic E-state index is 5.64. The molecule has 0 unspecified atom stereocenters. The van der Waals surface area contributed by atoms with Crippen LogP contribution in [0.5, 0.6) is 0 Å². The summed E-state index contributed by atoms with van der Waals surface area (Å²) >= 11 is 0. The smallest absolute Gasteiger partial charge is 0.352 e. The molecule has 0 radical (unpaired) electrons. The first-order chi connectivity index (χ1) is 5.29. The van der Waals surface area contributed by atoms with Gasteiger partial charge in [0.05, 0.1) is 5.56 Å². The molecule has 0 saturated carbocycles. The molecule has 0 aliphatic rings. The number of hydrogen-bond donors (Lipinski definition) is 2. The fraction of sp³-hybridized carbons (Fsp3) is 0.143. The maximum Gasteiger partial charge on any atom is 0.352 e. The van der Waals surface area contributed by atoms with Crippen molar-refractivity contribution in [2.45, 2.75) is 6.92 Å². The molecule has 0 aromatic carbocycles. The molecule has 2 aromatic rings. The van der Waals surface area contributed by atoms with E-state index in [1.165, 1.54) is 0 Å². The van der Waals surface area contributed by atoms with Crippen LogP contribution in [0.25, 0.3) is 5.65 Å². The Morgan fingerprint density at radius 2 is 2.45 bits per heavy atom. The second-order valence-corrected chi connectivity index (χ2v) is 2.46. The van der Waals surface area contributed by atoms with Gasteiger partial charge in [0.1, 0.15) is 18.2 Å². The highest BCUT2D eigenvalue weighted by atomic mass is 15.3. The van der Waals surface area contributed by atoms with E-state index < -0.39 is 0 Å². The number of rotatable bonds is 0. The van der Waals surface area contributed by atoms with Gasteiger partial charge in [0, 0.05) is 6.07 Å². The van der Waals surface area contributed by atoms with Crippen LogP contribution >= 0.6 is 0 Å². The van der Waals surface area contributed by atoms with Crippen LogP contribution in [-0.4, -0.2) is 10.1 Å². The Kier molecular flexibility index (Phi) is 1.09. The van der Waals surface area contributed by atoms with Crippen molar-refractivity contribution < 1.29 is 4.52 Å². The number of aryl methyl sites for hydroxylation is 1. The minimum Gasteiger partial charge on any atom is -0.382 e. The number of fused-ring (bicyclic) bond motifs is 1. The van der Waals surface area contributed by atoms with E-state index in [0.717, 1.165) is 11.2 Å². The van der Waals surface area contributed by atoms with Crippen molar-refractivity contribution in [2.75, 3.05) is 5.73 Å². The molecule has 56 valence electrons. The second kappa shape index (κ2) is 1.95.